The van der Waals surface area contributed by atoms with Crippen molar-refractivity contribution >= 4 is 11.6 Å². The van der Waals surface area contributed by atoms with E-state index in [0.717, 1.165) is 74.6 Å². The van der Waals surface area contributed by atoms with Crippen LogP contribution in [0.3, 0.4) is 0 Å². The van der Waals surface area contributed by atoms with Crippen molar-refractivity contribution in [3.8, 4) is 11.5 Å². The molecule has 1 aliphatic heterocycles. The molecule has 8 nitrogen and oxygen atoms in total. The average molecular weight is 442 g/mol. The topological polar surface area (TPSA) is 81.9 Å². The quantitative estimate of drug-likeness (QED) is 0.315. The molecule has 4 rings (SSSR count). The molecule has 0 amide bonds. The zero-order valence-electron chi connectivity index (χ0n) is 19.0. The number of nitrogens with one attached hydrogen (secondary N) is 2. The van der Waals surface area contributed by atoms with Gasteiger partial charge >= 0.3 is 0 Å². The maximum absolute atomic E-state index is 5.82. The standard InChI is InChI=1S/C24H35N5O3/c1-19-16-27-29(17-19)11-2-9-25-24(26-10-3-12-30-18-20-5-6-20)28-21-7-8-22-23(15-21)32-14-4-13-31-22/h7-8,15-17,20H,2-6,9-14,18H2,1H3,(H2,25,26,28). The lowest BCUT2D eigenvalue weighted by atomic mass is 10.2. The summed E-state index contributed by atoms with van der Waals surface area (Å²) in [6.45, 7) is 7.45. The van der Waals surface area contributed by atoms with Gasteiger partial charge in [-0.2, -0.15) is 5.10 Å². The van der Waals surface area contributed by atoms with Gasteiger partial charge in [-0.25, -0.2) is 0 Å². The Kier molecular flexibility index (Phi) is 8.25. The Balaban J connectivity index is 1.29. The Bertz CT molecular complexity index is 878. The van der Waals surface area contributed by atoms with Gasteiger partial charge < -0.3 is 24.8 Å². The Morgan fingerprint density at radius 1 is 1.22 bits per heavy atom. The summed E-state index contributed by atoms with van der Waals surface area (Å²) in [5, 5.41) is 11.2. The molecule has 1 aromatic carbocycles. The van der Waals surface area contributed by atoms with Crippen molar-refractivity contribution in [2.45, 2.75) is 45.6 Å². The highest BCUT2D eigenvalue weighted by molar-refractivity contribution is 5.93. The molecular formula is C24H35N5O3. The fraction of sp³-hybridized carbons (Fsp3) is 0.583. The summed E-state index contributed by atoms with van der Waals surface area (Å²) >= 11 is 0. The Morgan fingerprint density at radius 3 is 2.91 bits per heavy atom. The van der Waals surface area contributed by atoms with Gasteiger partial charge in [-0.3, -0.25) is 9.67 Å². The molecule has 1 aromatic heterocycles. The van der Waals surface area contributed by atoms with Crippen molar-refractivity contribution in [1.82, 2.24) is 15.1 Å². The molecule has 1 saturated carbocycles. The van der Waals surface area contributed by atoms with E-state index in [-0.39, 0.29) is 0 Å². The first-order valence-electron chi connectivity index (χ1n) is 11.8. The van der Waals surface area contributed by atoms with E-state index in [1.165, 1.54) is 18.4 Å². The van der Waals surface area contributed by atoms with Gasteiger partial charge in [0.1, 0.15) is 0 Å². The number of nitrogens with zero attached hydrogens (tertiary/aromatic N) is 3. The molecule has 174 valence electrons. The van der Waals surface area contributed by atoms with Crippen molar-refractivity contribution in [2.75, 3.05) is 44.8 Å². The molecule has 0 radical (unpaired) electrons. The molecule has 0 unspecified atom stereocenters. The third-order valence-electron chi connectivity index (χ3n) is 5.40. The van der Waals surface area contributed by atoms with Crippen LogP contribution in [0.1, 0.15) is 37.7 Å². The number of ether oxygens (including phenoxy) is 3. The van der Waals surface area contributed by atoms with Gasteiger partial charge in [0.05, 0.1) is 19.4 Å². The smallest absolute Gasteiger partial charge is 0.195 e. The SMILES string of the molecule is Cc1cnn(CCCN=C(NCCCOCC2CC2)Nc2ccc3c(c2)OCCCO3)c1. The number of benzene rings is 1. The molecule has 8 heteroatoms. The molecule has 2 aromatic rings. The number of hydrogen-bond donors (Lipinski definition) is 2. The number of fused-ring (bicyclic) bond motifs is 1. The lowest BCUT2D eigenvalue weighted by Crippen LogP contribution is -2.32. The van der Waals surface area contributed by atoms with Crippen LogP contribution in [-0.2, 0) is 11.3 Å². The third kappa shape index (κ3) is 7.44. The number of aliphatic imine (C=N–C) groups is 1. The van der Waals surface area contributed by atoms with Crippen molar-refractivity contribution in [2.24, 2.45) is 10.9 Å². The fourth-order valence-electron chi connectivity index (χ4n) is 3.45. The molecule has 1 aliphatic carbocycles. The van der Waals surface area contributed by atoms with E-state index in [1.54, 1.807) is 0 Å². The second-order valence-electron chi connectivity index (χ2n) is 8.50. The molecule has 0 bridgehead atoms. The first-order valence-corrected chi connectivity index (χ1v) is 11.8. The van der Waals surface area contributed by atoms with Crippen LogP contribution < -0.4 is 20.1 Å². The van der Waals surface area contributed by atoms with Gasteiger partial charge in [0, 0.05) is 57.2 Å². The van der Waals surface area contributed by atoms with Gasteiger partial charge in [0.15, 0.2) is 17.5 Å². The molecule has 32 heavy (non-hydrogen) atoms. The van der Waals surface area contributed by atoms with Crippen LogP contribution in [0.4, 0.5) is 5.69 Å². The molecule has 1 fully saturated rings. The number of aromatic nitrogens is 2. The van der Waals surface area contributed by atoms with E-state index in [4.69, 9.17) is 19.2 Å². The fourth-order valence-corrected chi connectivity index (χ4v) is 3.45. The minimum atomic E-state index is 0.670. The van der Waals surface area contributed by atoms with E-state index in [0.29, 0.717) is 19.8 Å². The highest BCUT2D eigenvalue weighted by Gasteiger charge is 2.20. The summed E-state index contributed by atoms with van der Waals surface area (Å²) < 4.78 is 19.3. The average Bonchev–Trinajstić information content (AvgIpc) is 3.57. The van der Waals surface area contributed by atoms with Crippen molar-refractivity contribution in [1.29, 1.82) is 0 Å². The van der Waals surface area contributed by atoms with Crippen molar-refractivity contribution in [3.63, 3.8) is 0 Å². The minimum absolute atomic E-state index is 0.670. The highest BCUT2D eigenvalue weighted by atomic mass is 16.5. The third-order valence-corrected chi connectivity index (χ3v) is 5.40. The zero-order chi connectivity index (χ0) is 22.0. The zero-order valence-corrected chi connectivity index (χ0v) is 19.0. The van der Waals surface area contributed by atoms with Gasteiger partial charge in [-0.05, 0) is 56.2 Å². The predicted molar refractivity (Wildman–Crippen MR) is 126 cm³/mol. The van der Waals surface area contributed by atoms with Gasteiger partial charge in [-0.1, -0.05) is 0 Å². The van der Waals surface area contributed by atoms with Gasteiger partial charge in [-0.15, -0.1) is 0 Å². The van der Waals surface area contributed by atoms with E-state index < -0.39 is 0 Å². The number of guanidine groups is 1. The van der Waals surface area contributed by atoms with Crippen LogP contribution >= 0.6 is 0 Å². The lowest BCUT2D eigenvalue weighted by Gasteiger charge is -2.15. The van der Waals surface area contributed by atoms with Crippen molar-refractivity contribution in [3.05, 3.63) is 36.2 Å². The predicted octanol–water partition coefficient (Wildman–Crippen LogP) is 3.62. The first-order chi connectivity index (χ1) is 15.8. The molecule has 0 spiro atoms. The summed E-state index contributed by atoms with van der Waals surface area (Å²) in [5.74, 6) is 3.13. The summed E-state index contributed by atoms with van der Waals surface area (Å²) in [5.41, 5.74) is 2.10. The van der Waals surface area contributed by atoms with Crippen LogP contribution in [0, 0.1) is 12.8 Å². The minimum Gasteiger partial charge on any atom is -0.490 e. The molecule has 2 N–H and O–H groups in total. The maximum Gasteiger partial charge on any atom is 0.195 e. The summed E-state index contributed by atoms with van der Waals surface area (Å²) in [7, 11) is 0. The summed E-state index contributed by atoms with van der Waals surface area (Å²) in [6, 6.07) is 5.92. The van der Waals surface area contributed by atoms with E-state index in [2.05, 4.69) is 28.9 Å². The van der Waals surface area contributed by atoms with E-state index >= 15 is 0 Å². The molecular weight excluding hydrogens is 406 g/mol. The van der Waals surface area contributed by atoms with Crippen LogP contribution in [0.25, 0.3) is 0 Å². The number of anilines is 1. The largest absolute Gasteiger partial charge is 0.490 e. The molecule has 0 saturated heterocycles. The summed E-state index contributed by atoms with van der Waals surface area (Å²) in [4.78, 5) is 4.77. The second kappa shape index (κ2) is 11.8. The Hall–Kier alpha value is -2.74. The molecule has 2 aliphatic rings. The Morgan fingerprint density at radius 2 is 2.09 bits per heavy atom. The van der Waals surface area contributed by atoms with E-state index in [9.17, 15) is 0 Å². The van der Waals surface area contributed by atoms with Crippen molar-refractivity contribution < 1.29 is 14.2 Å². The van der Waals surface area contributed by atoms with Crippen LogP contribution in [-0.4, -0.2) is 55.3 Å². The number of hydrogen-bond acceptors (Lipinski definition) is 5. The lowest BCUT2D eigenvalue weighted by molar-refractivity contribution is 0.123. The second-order valence-corrected chi connectivity index (χ2v) is 8.50. The maximum atomic E-state index is 5.82. The van der Waals surface area contributed by atoms with Crippen LogP contribution in [0.5, 0.6) is 11.5 Å². The summed E-state index contributed by atoms with van der Waals surface area (Å²) in [6.07, 6.45) is 9.35. The van der Waals surface area contributed by atoms with E-state index in [1.807, 2.05) is 29.1 Å². The van der Waals surface area contributed by atoms with Crippen LogP contribution in [0.15, 0.2) is 35.6 Å². The normalized spacial score (nSPS) is 16.0. The molecule has 2 heterocycles. The van der Waals surface area contributed by atoms with Gasteiger partial charge in [0.2, 0.25) is 0 Å². The van der Waals surface area contributed by atoms with Crippen LogP contribution in [0.2, 0.25) is 0 Å². The first kappa shape index (κ1) is 22.5. The monoisotopic (exact) mass is 441 g/mol. The Labute approximate surface area is 190 Å². The number of rotatable bonds is 11. The number of aryl methyl sites for hydroxylation is 2. The molecule has 0 atom stereocenters. The van der Waals surface area contributed by atoms with Gasteiger partial charge in [0.25, 0.3) is 0 Å². The highest BCUT2D eigenvalue weighted by Crippen LogP contribution is 2.32.